The number of methoxy groups -OCH3 is 1. The molecular formula is C24H32O6. The van der Waals surface area contributed by atoms with Gasteiger partial charge < -0.3 is 14.6 Å². The highest BCUT2D eigenvalue weighted by molar-refractivity contribution is 6.11. The quantitative estimate of drug-likeness (QED) is 0.276. The fourth-order valence-electron chi connectivity index (χ4n) is 3.81. The number of cyclic esters (lactones) is 1. The minimum absolute atomic E-state index is 0.0693. The molecule has 6 heteroatoms. The number of esters is 1. The third-order valence-corrected chi connectivity index (χ3v) is 5.77. The van der Waals surface area contributed by atoms with Gasteiger partial charge in [0.15, 0.2) is 5.78 Å². The molecule has 1 aliphatic rings. The van der Waals surface area contributed by atoms with Crippen LogP contribution >= 0.6 is 0 Å². The van der Waals surface area contributed by atoms with Crippen molar-refractivity contribution >= 4 is 17.5 Å². The number of carbonyl (C=O) groups excluding carboxylic acids is 3. The van der Waals surface area contributed by atoms with E-state index in [-0.39, 0.29) is 17.1 Å². The van der Waals surface area contributed by atoms with Crippen LogP contribution in [0.2, 0.25) is 0 Å². The van der Waals surface area contributed by atoms with E-state index in [2.05, 4.69) is 0 Å². The van der Waals surface area contributed by atoms with E-state index in [4.69, 9.17) is 9.47 Å². The fourth-order valence-corrected chi connectivity index (χ4v) is 3.81. The van der Waals surface area contributed by atoms with Crippen LogP contribution in [0.15, 0.2) is 29.8 Å². The molecule has 0 unspecified atom stereocenters. The summed E-state index contributed by atoms with van der Waals surface area (Å²) in [5.74, 6) is -1.75. The molecule has 0 aliphatic carbocycles. The molecule has 0 bridgehead atoms. The van der Waals surface area contributed by atoms with E-state index in [0.717, 1.165) is 5.57 Å². The van der Waals surface area contributed by atoms with E-state index >= 15 is 0 Å². The van der Waals surface area contributed by atoms with Gasteiger partial charge in [-0.15, -0.1) is 0 Å². The molecule has 1 fully saturated rings. The predicted octanol–water partition coefficient (Wildman–Crippen LogP) is 4.49. The molecule has 1 aliphatic heterocycles. The van der Waals surface area contributed by atoms with Crippen molar-refractivity contribution in [3.8, 4) is 11.5 Å². The van der Waals surface area contributed by atoms with Crippen molar-refractivity contribution in [3.63, 3.8) is 0 Å². The SMILES string of the molecule is COc1ccc(C(=O)[C@H]2C(=O)O[C@](C)(C/C=C(\C)CC(=O)CC(C)C)[C@@H]2C)c(O)c1. The Balaban J connectivity index is 2.14. The van der Waals surface area contributed by atoms with Crippen LogP contribution in [0.4, 0.5) is 0 Å². The number of hydrogen-bond acceptors (Lipinski definition) is 6. The van der Waals surface area contributed by atoms with E-state index < -0.39 is 29.2 Å². The van der Waals surface area contributed by atoms with Gasteiger partial charge in [-0.05, 0) is 31.9 Å². The number of hydrogen-bond donors (Lipinski definition) is 1. The number of ketones is 2. The maximum absolute atomic E-state index is 13.0. The van der Waals surface area contributed by atoms with Crippen LogP contribution in [0.25, 0.3) is 0 Å². The maximum atomic E-state index is 13.0. The number of Topliss-reactive ketones (excluding diaryl/α,β-unsaturated/α-hetero) is 2. The van der Waals surface area contributed by atoms with Crippen LogP contribution in [0.5, 0.6) is 11.5 Å². The molecule has 30 heavy (non-hydrogen) atoms. The number of carbonyl (C=O) groups is 3. The second kappa shape index (κ2) is 9.45. The van der Waals surface area contributed by atoms with Crippen LogP contribution in [-0.2, 0) is 14.3 Å². The Hall–Kier alpha value is -2.63. The Morgan fingerprint density at radius 2 is 2.00 bits per heavy atom. The lowest BCUT2D eigenvalue weighted by molar-refractivity contribution is -0.148. The Morgan fingerprint density at radius 3 is 2.57 bits per heavy atom. The van der Waals surface area contributed by atoms with Gasteiger partial charge in [-0.25, -0.2) is 0 Å². The zero-order valence-corrected chi connectivity index (χ0v) is 18.7. The average Bonchev–Trinajstić information content (AvgIpc) is 2.87. The highest BCUT2D eigenvalue weighted by Gasteiger charge is 2.53. The molecule has 0 aromatic heterocycles. The zero-order chi connectivity index (χ0) is 22.6. The number of phenolic OH excluding ortho intramolecular Hbond substituents is 1. The topological polar surface area (TPSA) is 89.9 Å². The molecule has 1 aromatic rings. The van der Waals surface area contributed by atoms with Crippen molar-refractivity contribution in [2.45, 2.75) is 59.5 Å². The van der Waals surface area contributed by atoms with Gasteiger partial charge in [-0.3, -0.25) is 14.4 Å². The van der Waals surface area contributed by atoms with Crippen molar-refractivity contribution in [3.05, 3.63) is 35.4 Å². The monoisotopic (exact) mass is 416 g/mol. The zero-order valence-electron chi connectivity index (χ0n) is 18.7. The van der Waals surface area contributed by atoms with E-state index in [1.807, 2.05) is 26.8 Å². The molecule has 2 rings (SSSR count). The lowest BCUT2D eigenvalue weighted by Gasteiger charge is -2.27. The van der Waals surface area contributed by atoms with Crippen LogP contribution in [-0.4, -0.2) is 35.4 Å². The first-order chi connectivity index (χ1) is 14.0. The van der Waals surface area contributed by atoms with Crippen LogP contribution < -0.4 is 4.74 Å². The van der Waals surface area contributed by atoms with E-state index in [9.17, 15) is 19.5 Å². The number of benzene rings is 1. The predicted molar refractivity (Wildman–Crippen MR) is 114 cm³/mol. The summed E-state index contributed by atoms with van der Waals surface area (Å²) in [5, 5.41) is 10.2. The third-order valence-electron chi connectivity index (χ3n) is 5.77. The number of phenols is 1. The standard InChI is InChI=1S/C24H32O6/c1-14(2)11-17(25)12-15(3)9-10-24(5)16(4)21(23(28)30-24)22(27)19-8-7-18(29-6)13-20(19)26/h7-9,13-14,16,21,26H,10-12H2,1-6H3/b15-9+/t16-,21+,24-/m1/s1. The number of rotatable bonds is 9. The number of allylic oxidation sites excluding steroid dienone is 1. The van der Waals surface area contributed by atoms with Crippen molar-refractivity contribution in [1.82, 2.24) is 0 Å². The molecule has 6 nitrogen and oxygen atoms in total. The fraction of sp³-hybridized carbons (Fsp3) is 0.542. The van der Waals surface area contributed by atoms with E-state index in [1.54, 1.807) is 19.9 Å². The summed E-state index contributed by atoms with van der Waals surface area (Å²) in [6.45, 7) is 9.52. The van der Waals surface area contributed by atoms with Gasteiger partial charge in [-0.1, -0.05) is 32.4 Å². The normalized spacial score (nSPS) is 24.1. The second-order valence-electron chi connectivity index (χ2n) is 8.82. The van der Waals surface area contributed by atoms with Gasteiger partial charge in [0.25, 0.3) is 0 Å². The Bertz CT molecular complexity index is 853. The summed E-state index contributed by atoms with van der Waals surface area (Å²) in [4.78, 5) is 37.6. The molecule has 164 valence electrons. The van der Waals surface area contributed by atoms with Crippen molar-refractivity contribution in [2.75, 3.05) is 7.11 Å². The van der Waals surface area contributed by atoms with Gasteiger partial charge in [0.2, 0.25) is 0 Å². The lowest BCUT2D eigenvalue weighted by atomic mass is 9.78. The van der Waals surface area contributed by atoms with Crippen LogP contribution in [0.3, 0.4) is 0 Å². The number of aromatic hydroxyl groups is 1. The highest BCUT2D eigenvalue weighted by atomic mass is 16.6. The minimum Gasteiger partial charge on any atom is -0.507 e. The summed E-state index contributed by atoms with van der Waals surface area (Å²) in [5.41, 5.74) is 0.134. The van der Waals surface area contributed by atoms with Gasteiger partial charge in [0, 0.05) is 31.2 Å². The first-order valence-corrected chi connectivity index (χ1v) is 10.3. The Kier molecular flexibility index (Phi) is 7.45. The maximum Gasteiger partial charge on any atom is 0.317 e. The van der Waals surface area contributed by atoms with Gasteiger partial charge in [-0.2, -0.15) is 0 Å². The molecular weight excluding hydrogens is 384 g/mol. The molecule has 0 amide bonds. The van der Waals surface area contributed by atoms with Gasteiger partial charge in [0.1, 0.15) is 28.8 Å². The summed E-state index contributed by atoms with van der Waals surface area (Å²) in [6.07, 6.45) is 3.24. The molecule has 3 atom stereocenters. The Labute approximate surface area is 178 Å². The summed E-state index contributed by atoms with van der Waals surface area (Å²) in [6, 6.07) is 4.37. The Morgan fingerprint density at radius 1 is 1.33 bits per heavy atom. The summed E-state index contributed by atoms with van der Waals surface area (Å²) in [7, 11) is 1.46. The molecule has 1 heterocycles. The highest BCUT2D eigenvalue weighted by Crippen LogP contribution is 2.42. The number of ether oxygens (including phenoxy) is 2. The average molecular weight is 417 g/mol. The van der Waals surface area contributed by atoms with Crippen molar-refractivity contribution < 1.29 is 29.0 Å². The summed E-state index contributed by atoms with van der Waals surface area (Å²) < 4.78 is 10.7. The first-order valence-electron chi connectivity index (χ1n) is 10.3. The molecule has 0 spiro atoms. The molecule has 1 aromatic carbocycles. The first kappa shape index (κ1) is 23.6. The molecule has 1 saturated heterocycles. The smallest absolute Gasteiger partial charge is 0.317 e. The van der Waals surface area contributed by atoms with Crippen molar-refractivity contribution in [1.29, 1.82) is 0 Å². The largest absolute Gasteiger partial charge is 0.507 e. The van der Waals surface area contributed by atoms with E-state index in [0.29, 0.717) is 30.9 Å². The van der Waals surface area contributed by atoms with E-state index in [1.165, 1.54) is 19.2 Å². The minimum atomic E-state index is -0.995. The molecule has 0 saturated carbocycles. The lowest BCUT2D eigenvalue weighted by Crippen LogP contribution is -2.33. The van der Waals surface area contributed by atoms with Crippen LogP contribution in [0.1, 0.15) is 64.2 Å². The third kappa shape index (κ3) is 5.29. The second-order valence-corrected chi connectivity index (χ2v) is 8.82. The van der Waals surface area contributed by atoms with Crippen molar-refractivity contribution in [2.24, 2.45) is 17.8 Å². The van der Waals surface area contributed by atoms with Gasteiger partial charge in [0.05, 0.1) is 12.7 Å². The molecule has 1 N–H and O–H groups in total. The van der Waals surface area contributed by atoms with Gasteiger partial charge >= 0.3 is 5.97 Å². The summed E-state index contributed by atoms with van der Waals surface area (Å²) >= 11 is 0. The molecule has 0 radical (unpaired) electrons. The van der Waals surface area contributed by atoms with Crippen LogP contribution in [0, 0.1) is 17.8 Å².